The predicted molar refractivity (Wildman–Crippen MR) is 131 cm³/mol. The van der Waals surface area contributed by atoms with E-state index in [2.05, 4.69) is 4.74 Å². The summed E-state index contributed by atoms with van der Waals surface area (Å²) in [5.41, 5.74) is 1.98. The van der Waals surface area contributed by atoms with Crippen molar-refractivity contribution >= 4 is 5.97 Å². The van der Waals surface area contributed by atoms with Crippen LogP contribution in [0.3, 0.4) is 0 Å². The van der Waals surface area contributed by atoms with Crippen molar-refractivity contribution in [3.63, 3.8) is 0 Å². The van der Waals surface area contributed by atoms with Gasteiger partial charge in [0.05, 0.1) is 20.5 Å². The van der Waals surface area contributed by atoms with E-state index in [9.17, 15) is 4.79 Å². The lowest BCUT2D eigenvalue weighted by Gasteiger charge is -2.12. The minimum absolute atomic E-state index is 0.232. The molecule has 0 unspecified atom stereocenters. The number of esters is 1. The summed E-state index contributed by atoms with van der Waals surface area (Å²) < 4.78 is 21.4. The highest BCUT2D eigenvalue weighted by molar-refractivity contribution is 5.69. The Morgan fingerprint density at radius 1 is 0.875 bits per heavy atom. The number of carbonyl (C=O) groups is 1. The van der Waals surface area contributed by atoms with Crippen LogP contribution in [0.15, 0.2) is 67.0 Å². The normalized spacial score (nSPS) is 9.97. The van der Waals surface area contributed by atoms with Crippen molar-refractivity contribution in [2.24, 2.45) is 0 Å². The molecule has 0 aliphatic heterocycles. The van der Waals surface area contributed by atoms with Crippen molar-refractivity contribution in [1.29, 1.82) is 0 Å². The van der Waals surface area contributed by atoms with Crippen LogP contribution < -0.4 is 14.2 Å². The van der Waals surface area contributed by atoms with Gasteiger partial charge in [-0.2, -0.15) is 0 Å². The highest BCUT2D eigenvalue weighted by Crippen LogP contribution is 2.29. The Hall–Kier alpha value is -3.21. The summed E-state index contributed by atoms with van der Waals surface area (Å²) >= 11 is 0. The molecule has 0 saturated carbocycles. The van der Waals surface area contributed by atoms with Crippen LogP contribution in [0.25, 0.3) is 0 Å². The van der Waals surface area contributed by atoms with Gasteiger partial charge in [-0.25, -0.2) is 0 Å². The maximum absolute atomic E-state index is 11.3. The number of allylic oxidation sites excluding steroid dienone is 3. The quantitative estimate of drug-likeness (QED) is 0.240. The Morgan fingerprint density at radius 3 is 2.19 bits per heavy atom. The molecule has 0 saturated heterocycles. The molecular weight excluding hydrogens is 404 g/mol. The minimum atomic E-state index is -0.232. The van der Waals surface area contributed by atoms with Crippen LogP contribution in [-0.4, -0.2) is 20.2 Å². The van der Waals surface area contributed by atoms with Gasteiger partial charge in [-0.05, 0) is 62.6 Å². The molecule has 2 aromatic rings. The third-order valence-corrected chi connectivity index (χ3v) is 4.04. The van der Waals surface area contributed by atoms with E-state index in [-0.39, 0.29) is 5.97 Å². The summed E-state index contributed by atoms with van der Waals surface area (Å²) in [5, 5.41) is 0. The molecule has 176 valence electrons. The topological polar surface area (TPSA) is 54.0 Å². The van der Waals surface area contributed by atoms with Gasteiger partial charge in [-0.1, -0.05) is 50.3 Å². The molecule has 0 atom stereocenters. The molecule has 0 radical (unpaired) electrons. The van der Waals surface area contributed by atoms with Gasteiger partial charge in [-0.15, -0.1) is 0 Å². The smallest absolute Gasteiger partial charge is 0.305 e. The fourth-order valence-electron chi connectivity index (χ4n) is 2.35. The third-order valence-electron chi connectivity index (χ3n) is 4.04. The second-order valence-corrected chi connectivity index (χ2v) is 6.25. The lowest BCUT2D eigenvalue weighted by atomic mass is 10.1. The number of rotatable bonds is 9. The van der Waals surface area contributed by atoms with Crippen molar-refractivity contribution in [2.45, 2.75) is 54.1 Å². The second kappa shape index (κ2) is 18.6. The summed E-state index contributed by atoms with van der Waals surface area (Å²) in [6, 6.07) is 13.4. The van der Waals surface area contributed by atoms with Crippen molar-refractivity contribution in [3.05, 3.63) is 78.1 Å². The van der Waals surface area contributed by atoms with E-state index in [0.717, 1.165) is 16.9 Å². The SMILES string of the molecule is C/C=C/Oc1cccc(COc2ccc(CCC(=O)OC)cc2OC)c1.C/C=C\C.CC. The molecule has 5 nitrogen and oxygen atoms in total. The molecule has 0 N–H and O–H groups in total. The molecular formula is C27H38O5. The Balaban J connectivity index is 0.00000144. The van der Waals surface area contributed by atoms with Gasteiger partial charge in [0, 0.05) is 6.42 Å². The Morgan fingerprint density at radius 2 is 1.59 bits per heavy atom. The maximum atomic E-state index is 11.3. The van der Waals surface area contributed by atoms with Gasteiger partial charge in [0.1, 0.15) is 12.4 Å². The first-order chi connectivity index (χ1) is 15.6. The summed E-state index contributed by atoms with van der Waals surface area (Å²) in [4.78, 5) is 11.3. The number of methoxy groups -OCH3 is 2. The zero-order chi connectivity index (χ0) is 24.2. The summed E-state index contributed by atoms with van der Waals surface area (Å²) in [6.07, 6.45) is 8.39. The van der Waals surface area contributed by atoms with E-state index in [1.807, 2.05) is 95.3 Å². The minimum Gasteiger partial charge on any atom is -0.493 e. The molecule has 0 heterocycles. The average molecular weight is 443 g/mol. The van der Waals surface area contributed by atoms with E-state index in [1.165, 1.54) is 7.11 Å². The van der Waals surface area contributed by atoms with Crippen molar-refractivity contribution < 1.29 is 23.7 Å². The molecule has 0 fully saturated rings. The molecule has 0 aliphatic rings. The lowest BCUT2D eigenvalue weighted by Crippen LogP contribution is -2.02. The monoisotopic (exact) mass is 442 g/mol. The molecule has 0 spiro atoms. The molecule has 0 bridgehead atoms. The van der Waals surface area contributed by atoms with E-state index in [4.69, 9.17) is 14.2 Å². The highest BCUT2D eigenvalue weighted by Gasteiger charge is 2.08. The van der Waals surface area contributed by atoms with Crippen molar-refractivity contribution in [3.8, 4) is 17.2 Å². The third kappa shape index (κ3) is 11.8. The van der Waals surface area contributed by atoms with Gasteiger partial charge >= 0.3 is 5.97 Å². The van der Waals surface area contributed by atoms with Gasteiger partial charge in [0.15, 0.2) is 11.5 Å². The fourth-order valence-corrected chi connectivity index (χ4v) is 2.35. The van der Waals surface area contributed by atoms with Crippen molar-refractivity contribution in [1.82, 2.24) is 0 Å². The molecule has 0 aliphatic carbocycles. The lowest BCUT2D eigenvalue weighted by molar-refractivity contribution is -0.140. The van der Waals surface area contributed by atoms with E-state index in [1.54, 1.807) is 13.4 Å². The first-order valence-electron chi connectivity index (χ1n) is 10.9. The largest absolute Gasteiger partial charge is 0.493 e. The van der Waals surface area contributed by atoms with E-state index in [0.29, 0.717) is 30.9 Å². The maximum Gasteiger partial charge on any atom is 0.305 e. The summed E-state index contributed by atoms with van der Waals surface area (Å²) in [7, 11) is 2.98. The van der Waals surface area contributed by atoms with Crippen LogP contribution in [0.2, 0.25) is 0 Å². The first-order valence-corrected chi connectivity index (χ1v) is 10.9. The number of hydrogen-bond donors (Lipinski definition) is 0. The van der Waals surface area contributed by atoms with Gasteiger partial charge in [-0.3, -0.25) is 4.79 Å². The van der Waals surface area contributed by atoms with Gasteiger partial charge in [0.2, 0.25) is 0 Å². The number of ether oxygens (including phenoxy) is 4. The molecule has 0 amide bonds. The van der Waals surface area contributed by atoms with Gasteiger partial charge < -0.3 is 18.9 Å². The van der Waals surface area contributed by atoms with Gasteiger partial charge in [0.25, 0.3) is 0 Å². The second-order valence-electron chi connectivity index (χ2n) is 6.25. The Kier molecular flexibility index (Phi) is 16.7. The predicted octanol–water partition coefficient (Wildman–Crippen LogP) is 6.90. The molecule has 5 heteroatoms. The number of benzene rings is 2. The first kappa shape index (κ1) is 28.8. The van der Waals surface area contributed by atoms with E-state index >= 15 is 0 Å². The number of carbonyl (C=O) groups excluding carboxylic acids is 1. The zero-order valence-electron chi connectivity index (χ0n) is 20.5. The summed E-state index contributed by atoms with van der Waals surface area (Å²) in [6.45, 7) is 10.3. The Labute approximate surface area is 193 Å². The molecule has 0 aromatic heterocycles. The highest BCUT2D eigenvalue weighted by atomic mass is 16.5. The van der Waals surface area contributed by atoms with Crippen LogP contribution in [0.5, 0.6) is 17.2 Å². The summed E-state index contributed by atoms with van der Waals surface area (Å²) in [5.74, 6) is 1.81. The standard InChI is InChI=1S/C21H24O5.C4H8.C2H6/c1-4-12-25-18-7-5-6-17(13-18)15-26-19-10-8-16(14-20(19)23-2)9-11-21(22)24-3;1-3-4-2;1-2/h4-8,10,12-14H,9,11,15H2,1-3H3;3-4H,1-2H3;1-2H3/b12-4+;4-3-;. The number of hydrogen-bond acceptors (Lipinski definition) is 5. The average Bonchev–Trinajstić information content (AvgIpc) is 2.86. The van der Waals surface area contributed by atoms with E-state index < -0.39 is 0 Å². The zero-order valence-corrected chi connectivity index (χ0v) is 20.5. The Bertz CT molecular complexity index is 821. The number of aryl methyl sites for hydroxylation is 1. The van der Waals surface area contributed by atoms with Crippen LogP contribution in [-0.2, 0) is 22.6 Å². The van der Waals surface area contributed by atoms with Crippen LogP contribution in [0.1, 0.15) is 52.2 Å². The van der Waals surface area contributed by atoms with Crippen LogP contribution in [0.4, 0.5) is 0 Å². The van der Waals surface area contributed by atoms with Crippen molar-refractivity contribution in [2.75, 3.05) is 14.2 Å². The molecule has 32 heavy (non-hydrogen) atoms. The molecule has 2 rings (SSSR count). The fraction of sp³-hybridized carbons (Fsp3) is 0.370. The van der Waals surface area contributed by atoms with Crippen LogP contribution >= 0.6 is 0 Å². The molecule has 2 aromatic carbocycles. The van der Waals surface area contributed by atoms with Crippen LogP contribution in [0, 0.1) is 0 Å².